The summed E-state index contributed by atoms with van der Waals surface area (Å²) < 4.78 is 0. The molecule has 3 N–H and O–H groups in total. The average molecular weight is 1150 g/mol. The summed E-state index contributed by atoms with van der Waals surface area (Å²) in [6, 6.07) is -0.645. The van der Waals surface area contributed by atoms with Crippen LogP contribution in [0.4, 0.5) is 0 Å². The molecule has 0 fully saturated rings. The van der Waals surface area contributed by atoms with E-state index in [0.717, 1.165) is 77.0 Å². The minimum absolute atomic E-state index is 0.0704. The zero-order valence-corrected chi connectivity index (χ0v) is 55.4. The number of carbonyl (C=O) groups is 1. The summed E-state index contributed by atoms with van der Waals surface area (Å²) in [5.41, 5.74) is 0. The van der Waals surface area contributed by atoms with Crippen LogP contribution in [0.1, 0.15) is 367 Å². The highest BCUT2D eigenvalue weighted by molar-refractivity contribution is 5.76. The van der Waals surface area contributed by atoms with Crippen molar-refractivity contribution in [1.82, 2.24) is 5.32 Å². The molecular weight excluding hydrogens is 1010 g/mol. The van der Waals surface area contributed by atoms with Crippen LogP contribution in [-0.4, -0.2) is 34.9 Å². The Hall–Kier alpha value is -2.95. The predicted octanol–water partition coefficient (Wildman–Crippen LogP) is 25.3. The molecule has 480 valence electrons. The van der Waals surface area contributed by atoms with E-state index in [2.05, 4.69) is 116 Å². The predicted molar refractivity (Wildman–Crippen MR) is 373 cm³/mol. The molecule has 0 aliphatic heterocycles. The Kier molecular flexibility index (Phi) is 70.7. The number of nitrogens with one attached hydrogen (secondary N) is 1. The lowest BCUT2D eigenvalue weighted by Crippen LogP contribution is -2.45. The third-order valence-corrected chi connectivity index (χ3v) is 16.5. The van der Waals surface area contributed by atoms with E-state index in [4.69, 9.17) is 0 Å². The van der Waals surface area contributed by atoms with E-state index in [1.165, 1.54) is 270 Å². The Morgan fingerprint density at radius 2 is 0.542 bits per heavy atom. The molecule has 0 saturated heterocycles. The van der Waals surface area contributed by atoms with E-state index >= 15 is 0 Å². The van der Waals surface area contributed by atoms with Gasteiger partial charge in [-0.05, 0) is 89.9 Å². The summed E-state index contributed by atoms with van der Waals surface area (Å²) in [6.45, 7) is 4.21. The van der Waals surface area contributed by atoms with Gasteiger partial charge in [0.2, 0.25) is 5.91 Å². The Balaban J connectivity index is 3.49. The van der Waals surface area contributed by atoms with E-state index in [-0.39, 0.29) is 12.5 Å². The van der Waals surface area contributed by atoms with Crippen molar-refractivity contribution in [2.75, 3.05) is 6.61 Å². The maximum atomic E-state index is 12.6. The Bertz CT molecular complexity index is 1540. The summed E-state index contributed by atoms with van der Waals surface area (Å²) >= 11 is 0. The molecule has 0 spiro atoms. The van der Waals surface area contributed by atoms with Gasteiger partial charge in [-0.2, -0.15) is 0 Å². The van der Waals surface area contributed by atoms with Gasteiger partial charge >= 0.3 is 0 Å². The normalized spacial score (nSPS) is 13.3. The number of aliphatic hydroxyl groups is 2. The third kappa shape index (κ3) is 69.7. The lowest BCUT2D eigenvalue weighted by atomic mass is 10.0. The molecule has 0 heterocycles. The molecule has 0 aliphatic rings. The van der Waals surface area contributed by atoms with E-state index in [0.29, 0.717) is 6.42 Å². The minimum atomic E-state index is -0.868. The highest BCUT2D eigenvalue weighted by atomic mass is 16.3. The fraction of sp³-hybridized carbons (Fsp3) is 0.759. The monoisotopic (exact) mass is 1150 g/mol. The van der Waals surface area contributed by atoms with E-state index in [1.54, 1.807) is 6.08 Å². The molecule has 1 amide bonds. The SMILES string of the molecule is CC/C=C\C/C=C\C/C=C\C/C=C\C/C=C\C/C=C\C/C=C\CCCCCCCCCCCCCCCCCCCCCC(=O)NC(CO)C(O)/C=C/CC/C=C/CCCCCCCCCCCCCCCCCCCCCCCCCC. The summed E-state index contributed by atoms with van der Waals surface area (Å²) in [5.74, 6) is -0.0704. The van der Waals surface area contributed by atoms with Crippen molar-refractivity contribution in [2.24, 2.45) is 0 Å². The zero-order valence-electron chi connectivity index (χ0n) is 55.4. The Morgan fingerprint density at radius 3 is 0.843 bits per heavy atom. The topological polar surface area (TPSA) is 69.6 Å². The Morgan fingerprint density at radius 1 is 0.301 bits per heavy atom. The zero-order chi connectivity index (χ0) is 59.8. The lowest BCUT2D eigenvalue weighted by Gasteiger charge is -2.19. The first-order chi connectivity index (χ1) is 41.2. The molecule has 0 radical (unpaired) electrons. The van der Waals surface area contributed by atoms with E-state index in [1.807, 2.05) is 6.08 Å². The van der Waals surface area contributed by atoms with E-state index < -0.39 is 12.1 Å². The molecule has 83 heavy (non-hydrogen) atoms. The Labute approximate surface area is 518 Å². The quantitative estimate of drug-likeness (QED) is 0.0420. The first kappa shape index (κ1) is 80.0. The second-order valence-electron chi connectivity index (χ2n) is 24.6. The number of allylic oxidation sites excluding steroid dienone is 17. The van der Waals surface area contributed by atoms with Gasteiger partial charge in [-0.25, -0.2) is 0 Å². The van der Waals surface area contributed by atoms with Crippen LogP contribution in [-0.2, 0) is 4.79 Å². The fourth-order valence-electron chi connectivity index (χ4n) is 11.0. The fourth-order valence-corrected chi connectivity index (χ4v) is 11.0. The summed E-state index contributed by atoms with van der Waals surface area (Å²) in [4.78, 5) is 12.6. The van der Waals surface area contributed by atoms with Gasteiger partial charge in [0, 0.05) is 6.42 Å². The van der Waals surface area contributed by atoms with Crippen molar-refractivity contribution in [3.8, 4) is 0 Å². The molecule has 0 aromatic heterocycles. The largest absolute Gasteiger partial charge is 0.394 e. The molecule has 0 rings (SSSR count). The van der Waals surface area contributed by atoms with Crippen LogP contribution in [0, 0.1) is 0 Å². The van der Waals surface area contributed by atoms with Gasteiger partial charge in [0.15, 0.2) is 0 Å². The molecule has 2 atom stereocenters. The van der Waals surface area contributed by atoms with Crippen molar-refractivity contribution in [2.45, 2.75) is 379 Å². The molecule has 4 nitrogen and oxygen atoms in total. The van der Waals surface area contributed by atoms with Crippen LogP contribution in [0.25, 0.3) is 0 Å². The van der Waals surface area contributed by atoms with Crippen LogP contribution < -0.4 is 5.32 Å². The maximum absolute atomic E-state index is 12.6. The van der Waals surface area contributed by atoms with Crippen LogP contribution >= 0.6 is 0 Å². The molecule has 4 heteroatoms. The molecule has 2 unspecified atom stereocenters. The smallest absolute Gasteiger partial charge is 0.220 e. The first-order valence-corrected chi connectivity index (χ1v) is 36.6. The number of hydrogen-bond acceptors (Lipinski definition) is 3. The van der Waals surface area contributed by atoms with Crippen LogP contribution in [0.3, 0.4) is 0 Å². The van der Waals surface area contributed by atoms with Crippen molar-refractivity contribution >= 4 is 5.91 Å². The number of carbonyl (C=O) groups excluding carboxylic acids is 1. The van der Waals surface area contributed by atoms with Crippen LogP contribution in [0.15, 0.2) is 109 Å². The summed E-state index contributed by atoms with van der Waals surface area (Å²) in [5, 5.41) is 23.3. The summed E-state index contributed by atoms with van der Waals surface area (Å²) in [6.07, 6.45) is 110. The second kappa shape index (κ2) is 73.3. The maximum Gasteiger partial charge on any atom is 0.220 e. The van der Waals surface area contributed by atoms with E-state index in [9.17, 15) is 15.0 Å². The molecule has 0 saturated carbocycles. The molecule has 0 bridgehead atoms. The van der Waals surface area contributed by atoms with Gasteiger partial charge in [0.1, 0.15) is 0 Å². The molecule has 0 aromatic rings. The van der Waals surface area contributed by atoms with Gasteiger partial charge in [0.25, 0.3) is 0 Å². The van der Waals surface area contributed by atoms with Crippen LogP contribution in [0.2, 0.25) is 0 Å². The molecular formula is C79H141NO3. The van der Waals surface area contributed by atoms with Gasteiger partial charge in [-0.1, -0.05) is 380 Å². The van der Waals surface area contributed by atoms with Gasteiger partial charge in [0.05, 0.1) is 18.8 Å². The molecule has 0 aromatic carbocycles. The lowest BCUT2D eigenvalue weighted by molar-refractivity contribution is -0.123. The van der Waals surface area contributed by atoms with Gasteiger partial charge in [-0.15, -0.1) is 0 Å². The number of rotatable bonds is 67. The second-order valence-corrected chi connectivity index (χ2v) is 24.6. The van der Waals surface area contributed by atoms with Gasteiger partial charge < -0.3 is 15.5 Å². The van der Waals surface area contributed by atoms with Crippen molar-refractivity contribution < 1.29 is 15.0 Å². The highest BCUT2D eigenvalue weighted by Gasteiger charge is 2.18. The van der Waals surface area contributed by atoms with Gasteiger partial charge in [-0.3, -0.25) is 4.79 Å². The molecule has 0 aliphatic carbocycles. The van der Waals surface area contributed by atoms with Crippen molar-refractivity contribution in [3.63, 3.8) is 0 Å². The number of aliphatic hydroxyl groups excluding tert-OH is 2. The number of amides is 1. The minimum Gasteiger partial charge on any atom is -0.394 e. The first-order valence-electron chi connectivity index (χ1n) is 36.6. The van der Waals surface area contributed by atoms with Crippen molar-refractivity contribution in [3.05, 3.63) is 109 Å². The van der Waals surface area contributed by atoms with Crippen LogP contribution in [0.5, 0.6) is 0 Å². The summed E-state index contributed by atoms with van der Waals surface area (Å²) in [7, 11) is 0. The standard InChI is InChI=1S/C79H141NO3/c1-3-5-7-9-11-13-15-17-19-21-23-25-27-29-31-33-35-36-37-38-39-40-41-42-43-44-45-47-49-51-53-55-57-59-61-63-65-67-69-71-73-75-79(83)80-77(76-81)78(82)74-72-70-68-66-64-62-60-58-56-54-52-50-48-46-34-32-30-28-26-24-22-20-18-16-14-12-10-8-6-4-2/h5,7,11,13,17,19,23,25,29,31,35-36,38-39,64,66,72,74,77-78,81-82H,3-4,6,8-10,12,14-16,18,20-22,24,26-28,30,32-34,37,40-63,65,67-71,73,75-76H2,1-2H3,(H,80,83)/b7-5-,13-11-,19-17-,25-23-,31-29-,36-35-,39-38-,66-64+,74-72+. The van der Waals surface area contributed by atoms with Crippen molar-refractivity contribution in [1.29, 1.82) is 0 Å². The average Bonchev–Trinajstić information content (AvgIpc) is 3.51. The number of unbranched alkanes of at least 4 members (excludes halogenated alkanes) is 44. The highest BCUT2D eigenvalue weighted by Crippen LogP contribution is 2.18. The number of hydrogen-bond donors (Lipinski definition) is 3. The third-order valence-electron chi connectivity index (χ3n) is 16.5.